The highest BCUT2D eigenvalue weighted by molar-refractivity contribution is 5.84. The maximum atomic E-state index is 10.7. The Balaban J connectivity index is 1.99. The normalized spacial score (nSPS) is 12.8. The number of aryl methyl sites for hydroxylation is 2. The zero-order chi connectivity index (χ0) is 15.0. The predicted octanol–water partition coefficient (Wildman–Crippen LogP) is 2.86. The number of aromatic nitrogens is 3. The first-order chi connectivity index (χ1) is 10.1. The Morgan fingerprint density at radius 3 is 2.67 bits per heavy atom. The number of aliphatic hydroxyl groups is 1. The molecule has 2 aromatic heterocycles. The number of benzene rings is 1. The summed E-state index contributed by atoms with van der Waals surface area (Å²) in [6.45, 7) is 4.01. The number of pyridine rings is 1. The van der Waals surface area contributed by atoms with Crippen molar-refractivity contribution in [1.29, 1.82) is 0 Å². The molecule has 1 N–H and O–H groups in total. The monoisotopic (exact) mass is 281 g/mol. The van der Waals surface area contributed by atoms with Crippen molar-refractivity contribution < 1.29 is 5.11 Å². The van der Waals surface area contributed by atoms with E-state index in [-0.39, 0.29) is 0 Å². The van der Waals surface area contributed by atoms with Crippen LogP contribution in [0, 0.1) is 13.8 Å². The average molecular weight is 281 g/mol. The van der Waals surface area contributed by atoms with Crippen LogP contribution in [0.2, 0.25) is 0 Å². The molecule has 1 atom stereocenters. The Labute approximate surface area is 124 Å². The van der Waals surface area contributed by atoms with E-state index in [9.17, 15) is 5.11 Å². The highest BCUT2D eigenvalue weighted by Crippen LogP contribution is 2.27. The standard InChI is InChI=1S/C17H19N3O/c1-11-15(12(2)20(3)19-11)8-17(21)16-10-18-9-13-6-4-5-7-14(13)16/h4-7,9-10,17,21H,8H2,1-3H3. The summed E-state index contributed by atoms with van der Waals surface area (Å²) in [6.07, 6.45) is 3.56. The van der Waals surface area contributed by atoms with Gasteiger partial charge in [-0.15, -0.1) is 0 Å². The molecule has 1 unspecified atom stereocenters. The van der Waals surface area contributed by atoms with Crippen molar-refractivity contribution in [2.45, 2.75) is 26.4 Å². The molecular formula is C17H19N3O. The van der Waals surface area contributed by atoms with Gasteiger partial charge in [-0.05, 0) is 24.8 Å². The van der Waals surface area contributed by atoms with Crippen LogP contribution < -0.4 is 0 Å². The van der Waals surface area contributed by atoms with Gasteiger partial charge in [0.15, 0.2) is 0 Å². The summed E-state index contributed by atoms with van der Waals surface area (Å²) in [4.78, 5) is 4.24. The summed E-state index contributed by atoms with van der Waals surface area (Å²) in [5.74, 6) is 0. The van der Waals surface area contributed by atoms with E-state index in [1.807, 2.05) is 56.0 Å². The highest BCUT2D eigenvalue weighted by atomic mass is 16.3. The Hall–Kier alpha value is -2.20. The summed E-state index contributed by atoms with van der Waals surface area (Å²) < 4.78 is 1.86. The first-order valence-corrected chi connectivity index (χ1v) is 7.07. The fraction of sp³-hybridized carbons (Fsp3) is 0.294. The summed E-state index contributed by atoms with van der Waals surface area (Å²) in [5.41, 5.74) is 4.05. The second-order valence-corrected chi connectivity index (χ2v) is 5.44. The molecule has 108 valence electrons. The van der Waals surface area contributed by atoms with E-state index in [4.69, 9.17) is 0 Å². The average Bonchev–Trinajstić information content (AvgIpc) is 2.73. The molecule has 0 aliphatic carbocycles. The van der Waals surface area contributed by atoms with Crippen molar-refractivity contribution >= 4 is 10.8 Å². The number of hydrogen-bond donors (Lipinski definition) is 1. The molecule has 0 radical (unpaired) electrons. The molecule has 3 aromatic rings. The number of nitrogens with zero attached hydrogens (tertiary/aromatic N) is 3. The van der Waals surface area contributed by atoms with Gasteiger partial charge >= 0.3 is 0 Å². The third kappa shape index (κ3) is 2.43. The maximum Gasteiger partial charge on any atom is 0.0852 e. The minimum Gasteiger partial charge on any atom is -0.388 e. The molecule has 3 rings (SSSR count). The van der Waals surface area contributed by atoms with Gasteiger partial charge in [-0.1, -0.05) is 24.3 Å². The molecule has 0 saturated heterocycles. The van der Waals surface area contributed by atoms with E-state index in [0.29, 0.717) is 6.42 Å². The number of rotatable bonds is 3. The molecule has 0 spiro atoms. The summed E-state index contributed by atoms with van der Waals surface area (Å²) >= 11 is 0. The van der Waals surface area contributed by atoms with E-state index in [1.165, 1.54) is 0 Å². The molecule has 0 fully saturated rings. The van der Waals surface area contributed by atoms with E-state index < -0.39 is 6.10 Å². The summed E-state index contributed by atoms with van der Waals surface area (Å²) in [6, 6.07) is 8.01. The maximum absolute atomic E-state index is 10.7. The predicted molar refractivity (Wildman–Crippen MR) is 83.1 cm³/mol. The van der Waals surface area contributed by atoms with Crippen LogP contribution in [0.1, 0.15) is 28.6 Å². The Morgan fingerprint density at radius 2 is 1.95 bits per heavy atom. The molecule has 0 amide bonds. The molecule has 1 aromatic carbocycles. The van der Waals surface area contributed by atoms with Crippen LogP contribution in [-0.2, 0) is 13.5 Å². The van der Waals surface area contributed by atoms with Gasteiger partial charge < -0.3 is 5.11 Å². The lowest BCUT2D eigenvalue weighted by Gasteiger charge is -2.13. The lowest BCUT2D eigenvalue weighted by molar-refractivity contribution is 0.179. The molecular weight excluding hydrogens is 262 g/mol. The minimum absolute atomic E-state index is 0.557. The van der Waals surface area contributed by atoms with Gasteiger partial charge in [-0.2, -0.15) is 5.10 Å². The van der Waals surface area contributed by atoms with Crippen molar-refractivity contribution in [3.63, 3.8) is 0 Å². The quantitative estimate of drug-likeness (QED) is 0.803. The van der Waals surface area contributed by atoms with Gasteiger partial charge in [0.2, 0.25) is 0 Å². The van der Waals surface area contributed by atoms with E-state index in [1.54, 1.807) is 6.20 Å². The molecule has 2 heterocycles. The lowest BCUT2D eigenvalue weighted by atomic mass is 9.97. The van der Waals surface area contributed by atoms with Crippen LogP contribution >= 0.6 is 0 Å². The third-order valence-corrected chi connectivity index (χ3v) is 4.11. The van der Waals surface area contributed by atoms with Crippen molar-refractivity contribution in [3.8, 4) is 0 Å². The molecule has 0 aliphatic rings. The van der Waals surface area contributed by atoms with Crippen molar-refractivity contribution in [1.82, 2.24) is 14.8 Å². The third-order valence-electron chi connectivity index (χ3n) is 4.11. The van der Waals surface area contributed by atoms with Gasteiger partial charge in [0.1, 0.15) is 0 Å². The smallest absolute Gasteiger partial charge is 0.0852 e. The molecule has 0 bridgehead atoms. The van der Waals surface area contributed by atoms with Crippen molar-refractivity contribution in [2.75, 3.05) is 0 Å². The molecule has 0 aliphatic heterocycles. The first kappa shape index (κ1) is 13.8. The van der Waals surface area contributed by atoms with Crippen molar-refractivity contribution in [2.24, 2.45) is 7.05 Å². The Morgan fingerprint density at radius 1 is 1.19 bits per heavy atom. The second-order valence-electron chi connectivity index (χ2n) is 5.44. The SMILES string of the molecule is Cc1nn(C)c(C)c1CC(O)c1cncc2ccccc12. The van der Waals surface area contributed by atoms with E-state index in [2.05, 4.69) is 10.1 Å². The number of aliphatic hydroxyl groups excluding tert-OH is 1. The van der Waals surface area contributed by atoms with Crippen molar-refractivity contribution in [3.05, 3.63) is 59.2 Å². The Kier molecular flexibility index (Phi) is 3.47. The van der Waals surface area contributed by atoms with Gasteiger partial charge in [-0.25, -0.2) is 0 Å². The van der Waals surface area contributed by atoms with Gasteiger partial charge in [0.25, 0.3) is 0 Å². The number of hydrogen-bond acceptors (Lipinski definition) is 3. The van der Waals surface area contributed by atoms with E-state index in [0.717, 1.165) is 33.3 Å². The van der Waals surface area contributed by atoms with Gasteiger partial charge in [0.05, 0.1) is 11.8 Å². The molecule has 4 nitrogen and oxygen atoms in total. The van der Waals surface area contributed by atoms with Crippen LogP contribution in [-0.4, -0.2) is 19.9 Å². The first-order valence-electron chi connectivity index (χ1n) is 7.07. The zero-order valence-corrected chi connectivity index (χ0v) is 12.5. The van der Waals surface area contributed by atoms with Gasteiger partial charge in [0, 0.05) is 42.5 Å². The minimum atomic E-state index is -0.579. The Bertz CT molecular complexity index is 787. The lowest BCUT2D eigenvalue weighted by Crippen LogP contribution is -2.05. The van der Waals surface area contributed by atoms with Crippen LogP contribution in [0.4, 0.5) is 0 Å². The fourth-order valence-corrected chi connectivity index (χ4v) is 2.82. The molecule has 21 heavy (non-hydrogen) atoms. The second kappa shape index (κ2) is 5.30. The number of fused-ring (bicyclic) bond motifs is 1. The fourth-order valence-electron chi connectivity index (χ4n) is 2.82. The topological polar surface area (TPSA) is 50.9 Å². The summed E-state index contributed by atoms with van der Waals surface area (Å²) in [5, 5.41) is 17.2. The highest BCUT2D eigenvalue weighted by Gasteiger charge is 2.17. The van der Waals surface area contributed by atoms with Crippen LogP contribution in [0.25, 0.3) is 10.8 Å². The van der Waals surface area contributed by atoms with E-state index >= 15 is 0 Å². The summed E-state index contributed by atoms with van der Waals surface area (Å²) in [7, 11) is 1.93. The van der Waals surface area contributed by atoms with Crippen LogP contribution in [0.15, 0.2) is 36.7 Å². The molecule has 4 heteroatoms. The van der Waals surface area contributed by atoms with Gasteiger partial charge in [-0.3, -0.25) is 9.67 Å². The largest absolute Gasteiger partial charge is 0.388 e. The van der Waals surface area contributed by atoms with Crippen LogP contribution in [0.3, 0.4) is 0 Å². The molecule has 0 saturated carbocycles. The van der Waals surface area contributed by atoms with Crippen LogP contribution in [0.5, 0.6) is 0 Å². The zero-order valence-electron chi connectivity index (χ0n) is 12.5.